The smallest absolute Gasteiger partial charge is 0.277 e. The van der Waals surface area contributed by atoms with Gasteiger partial charge in [-0.2, -0.15) is 5.10 Å². The van der Waals surface area contributed by atoms with E-state index in [9.17, 15) is 9.59 Å². The third kappa shape index (κ3) is 6.59. The molecular weight excluding hydrogens is 386 g/mol. The fourth-order valence-corrected chi connectivity index (χ4v) is 2.77. The summed E-state index contributed by atoms with van der Waals surface area (Å²) >= 11 is 0. The molecule has 0 radical (unpaired) electrons. The standard InChI is InChI=1S/C22H25N3O5/c1-17-4-2-3-5-20(17)30-15-21(26)24-23-14-18-6-8-19(9-7-18)29-16-22(27)25-10-12-28-13-11-25/h2-9,14H,10-13,15-16H2,1H3,(H,24,26)/b23-14-. The van der Waals surface area contributed by atoms with Gasteiger partial charge in [-0.05, 0) is 48.4 Å². The molecule has 158 valence electrons. The molecule has 30 heavy (non-hydrogen) atoms. The number of hydrogen-bond acceptors (Lipinski definition) is 6. The number of rotatable bonds is 8. The number of nitrogens with one attached hydrogen (secondary N) is 1. The van der Waals surface area contributed by atoms with Crippen molar-refractivity contribution >= 4 is 18.0 Å². The molecule has 1 fully saturated rings. The molecule has 0 aliphatic carbocycles. The number of ether oxygens (including phenoxy) is 3. The first-order valence-corrected chi connectivity index (χ1v) is 9.70. The fraction of sp³-hybridized carbons (Fsp3) is 0.318. The minimum atomic E-state index is -0.351. The Balaban J connectivity index is 1.39. The van der Waals surface area contributed by atoms with Crippen molar-refractivity contribution in [2.24, 2.45) is 5.10 Å². The number of benzene rings is 2. The molecule has 0 spiro atoms. The molecule has 0 unspecified atom stereocenters. The number of morpholine rings is 1. The number of nitrogens with zero attached hydrogens (tertiary/aromatic N) is 2. The van der Waals surface area contributed by atoms with E-state index >= 15 is 0 Å². The molecule has 1 aliphatic rings. The van der Waals surface area contributed by atoms with Crippen LogP contribution in [0.15, 0.2) is 53.6 Å². The van der Waals surface area contributed by atoms with E-state index in [1.807, 2.05) is 31.2 Å². The molecule has 0 saturated carbocycles. The van der Waals surface area contributed by atoms with E-state index in [1.165, 1.54) is 6.21 Å². The van der Waals surface area contributed by atoms with Crippen molar-refractivity contribution in [2.75, 3.05) is 39.5 Å². The number of amides is 2. The first kappa shape index (κ1) is 21.3. The summed E-state index contributed by atoms with van der Waals surface area (Å²) in [5.74, 6) is 0.847. The zero-order chi connectivity index (χ0) is 21.2. The maximum atomic E-state index is 12.1. The topological polar surface area (TPSA) is 89.5 Å². The Kier molecular flexibility index (Phi) is 7.79. The van der Waals surface area contributed by atoms with Crippen molar-refractivity contribution < 1.29 is 23.8 Å². The van der Waals surface area contributed by atoms with Gasteiger partial charge in [0.2, 0.25) is 0 Å². The molecule has 1 heterocycles. The second-order valence-electron chi connectivity index (χ2n) is 6.70. The SMILES string of the molecule is Cc1ccccc1OCC(=O)N/N=C\c1ccc(OCC(=O)N2CCOCC2)cc1. The predicted molar refractivity (Wildman–Crippen MR) is 112 cm³/mol. The van der Waals surface area contributed by atoms with Crippen molar-refractivity contribution in [2.45, 2.75) is 6.92 Å². The van der Waals surface area contributed by atoms with Crippen LogP contribution in [-0.4, -0.2) is 62.4 Å². The number of carbonyl (C=O) groups is 2. The lowest BCUT2D eigenvalue weighted by Crippen LogP contribution is -2.42. The molecule has 0 bridgehead atoms. The van der Waals surface area contributed by atoms with Gasteiger partial charge in [-0.1, -0.05) is 18.2 Å². The van der Waals surface area contributed by atoms with Gasteiger partial charge >= 0.3 is 0 Å². The highest BCUT2D eigenvalue weighted by Crippen LogP contribution is 2.15. The van der Waals surface area contributed by atoms with Crippen LogP contribution in [0.2, 0.25) is 0 Å². The molecule has 0 aromatic heterocycles. The Labute approximate surface area is 175 Å². The zero-order valence-corrected chi connectivity index (χ0v) is 16.9. The van der Waals surface area contributed by atoms with Gasteiger partial charge in [0.25, 0.3) is 11.8 Å². The molecule has 3 rings (SSSR count). The van der Waals surface area contributed by atoms with Gasteiger partial charge in [-0.15, -0.1) is 0 Å². The van der Waals surface area contributed by atoms with Crippen LogP contribution in [0.1, 0.15) is 11.1 Å². The highest BCUT2D eigenvalue weighted by molar-refractivity contribution is 5.83. The van der Waals surface area contributed by atoms with Crippen LogP contribution in [0.3, 0.4) is 0 Å². The summed E-state index contributed by atoms with van der Waals surface area (Å²) in [6.07, 6.45) is 1.52. The quantitative estimate of drug-likeness (QED) is 0.528. The summed E-state index contributed by atoms with van der Waals surface area (Å²) in [6, 6.07) is 14.5. The predicted octanol–water partition coefficient (Wildman–Crippen LogP) is 1.76. The lowest BCUT2D eigenvalue weighted by atomic mass is 10.2. The summed E-state index contributed by atoms with van der Waals surface area (Å²) in [5.41, 5.74) is 4.17. The third-order valence-corrected chi connectivity index (χ3v) is 4.46. The summed E-state index contributed by atoms with van der Waals surface area (Å²) in [4.78, 5) is 25.6. The van der Waals surface area contributed by atoms with Gasteiger partial charge in [0.15, 0.2) is 13.2 Å². The van der Waals surface area contributed by atoms with E-state index in [1.54, 1.807) is 29.2 Å². The Bertz CT molecular complexity index is 877. The summed E-state index contributed by atoms with van der Waals surface area (Å²) in [6.45, 7) is 4.11. The molecule has 1 aliphatic heterocycles. The average molecular weight is 411 g/mol. The minimum absolute atomic E-state index is 0.00954. The fourth-order valence-electron chi connectivity index (χ4n) is 2.77. The Hall–Kier alpha value is -3.39. The summed E-state index contributed by atoms with van der Waals surface area (Å²) < 4.78 is 16.2. The Morgan fingerprint density at radius 2 is 1.80 bits per heavy atom. The molecule has 2 amide bonds. The molecule has 1 N–H and O–H groups in total. The average Bonchev–Trinajstić information content (AvgIpc) is 2.78. The molecule has 2 aromatic carbocycles. The molecule has 1 saturated heterocycles. The number of hydrazone groups is 1. The van der Waals surface area contributed by atoms with Crippen LogP contribution in [0.4, 0.5) is 0 Å². The van der Waals surface area contributed by atoms with E-state index < -0.39 is 0 Å². The Morgan fingerprint density at radius 1 is 1.07 bits per heavy atom. The first-order valence-electron chi connectivity index (χ1n) is 9.70. The second kappa shape index (κ2) is 11.0. The molecule has 2 aromatic rings. The Morgan fingerprint density at radius 3 is 2.53 bits per heavy atom. The summed E-state index contributed by atoms with van der Waals surface area (Å²) in [5, 5.41) is 3.92. The second-order valence-corrected chi connectivity index (χ2v) is 6.70. The van der Waals surface area contributed by atoms with Gasteiger partial charge in [0.1, 0.15) is 11.5 Å². The number of hydrogen-bond donors (Lipinski definition) is 1. The maximum absolute atomic E-state index is 12.1. The van der Waals surface area contributed by atoms with Crippen molar-refractivity contribution in [3.63, 3.8) is 0 Å². The van der Waals surface area contributed by atoms with E-state index in [-0.39, 0.29) is 25.0 Å². The van der Waals surface area contributed by atoms with E-state index in [4.69, 9.17) is 14.2 Å². The number of carbonyl (C=O) groups excluding carboxylic acids is 2. The van der Waals surface area contributed by atoms with Crippen molar-refractivity contribution in [3.8, 4) is 11.5 Å². The minimum Gasteiger partial charge on any atom is -0.484 e. The van der Waals surface area contributed by atoms with E-state index in [2.05, 4.69) is 10.5 Å². The number of para-hydroxylation sites is 1. The largest absolute Gasteiger partial charge is 0.484 e. The van der Waals surface area contributed by atoms with Crippen molar-refractivity contribution in [3.05, 3.63) is 59.7 Å². The zero-order valence-electron chi connectivity index (χ0n) is 16.9. The van der Waals surface area contributed by atoms with Crippen molar-refractivity contribution in [1.82, 2.24) is 10.3 Å². The number of aryl methyl sites for hydroxylation is 1. The van der Waals surface area contributed by atoms with Crippen LogP contribution in [0.5, 0.6) is 11.5 Å². The van der Waals surface area contributed by atoms with E-state index in [0.717, 1.165) is 11.1 Å². The normalized spacial score (nSPS) is 13.8. The third-order valence-electron chi connectivity index (χ3n) is 4.46. The molecule has 8 heteroatoms. The van der Waals surface area contributed by atoms with Gasteiger partial charge in [-0.25, -0.2) is 5.43 Å². The van der Waals surface area contributed by atoms with E-state index in [0.29, 0.717) is 37.8 Å². The van der Waals surface area contributed by atoms with Crippen LogP contribution in [0.25, 0.3) is 0 Å². The first-order chi connectivity index (χ1) is 14.6. The van der Waals surface area contributed by atoms with Crippen LogP contribution < -0.4 is 14.9 Å². The molecule has 0 atom stereocenters. The van der Waals surface area contributed by atoms with Gasteiger partial charge in [0, 0.05) is 13.1 Å². The molecule has 8 nitrogen and oxygen atoms in total. The maximum Gasteiger partial charge on any atom is 0.277 e. The summed E-state index contributed by atoms with van der Waals surface area (Å²) in [7, 11) is 0. The van der Waals surface area contributed by atoms with Gasteiger partial charge < -0.3 is 19.1 Å². The van der Waals surface area contributed by atoms with Gasteiger partial charge in [0.05, 0.1) is 19.4 Å². The van der Waals surface area contributed by atoms with Crippen LogP contribution in [0, 0.1) is 6.92 Å². The van der Waals surface area contributed by atoms with Gasteiger partial charge in [-0.3, -0.25) is 9.59 Å². The lowest BCUT2D eigenvalue weighted by molar-refractivity contribution is -0.137. The highest BCUT2D eigenvalue weighted by Gasteiger charge is 2.17. The molecular formula is C22H25N3O5. The van der Waals surface area contributed by atoms with Crippen LogP contribution >= 0.6 is 0 Å². The van der Waals surface area contributed by atoms with Crippen molar-refractivity contribution in [1.29, 1.82) is 0 Å². The lowest BCUT2D eigenvalue weighted by Gasteiger charge is -2.26. The highest BCUT2D eigenvalue weighted by atomic mass is 16.5. The van der Waals surface area contributed by atoms with Crippen LogP contribution in [-0.2, 0) is 14.3 Å². The monoisotopic (exact) mass is 411 g/mol.